The summed E-state index contributed by atoms with van der Waals surface area (Å²) in [6.07, 6.45) is 0. The first-order chi connectivity index (χ1) is 13.9. The minimum atomic E-state index is -3.13. The average molecular weight is 745 g/mol. The van der Waals surface area contributed by atoms with E-state index in [0.29, 0.717) is 0 Å². The Kier molecular flexibility index (Phi) is 173. The number of hydrogen-bond acceptors (Lipinski definition) is 8. The molecule has 0 saturated carbocycles. The van der Waals surface area contributed by atoms with Crippen LogP contribution in [0.2, 0.25) is 0 Å². The molecule has 16 N–H and O–H groups in total. The zero-order chi connectivity index (χ0) is 28.6. The SMILES string of the molecule is O=[Si](O)O.O=[Si](O)O.O=[Si](O)O.O=[Si](O)O.O=[Si](O)O.O=[Si](O)O.O=[Si](O)O.O=[Si](O)O.[NaH].[NaH].[NaH].[NaH].[NaH]. The third-order valence-corrected chi connectivity index (χ3v) is 0. The molecule has 0 rings (SSSR count). The second-order valence-electron chi connectivity index (χ2n) is 2.26. The van der Waals surface area contributed by atoms with Crippen molar-refractivity contribution in [2.75, 3.05) is 0 Å². The molecule has 0 aliphatic rings. The molecule has 0 atom stereocenters. The van der Waals surface area contributed by atoms with E-state index in [-0.39, 0.29) is 148 Å². The molecule has 0 aromatic rings. The predicted octanol–water partition coefficient (Wildman–Crippen LogP) is -16.2. The van der Waals surface area contributed by atoms with Gasteiger partial charge in [-0.2, -0.15) is 0 Å². The van der Waals surface area contributed by atoms with Crippen molar-refractivity contribution in [3.05, 3.63) is 0 Å². The first-order valence-electron chi connectivity index (χ1n) is 5.21. The summed E-state index contributed by atoms with van der Waals surface area (Å²) in [5.74, 6) is 0. The van der Waals surface area contributed by atoms with Gasteiger partial charge in [0.1, 0.15) is 0 Å². The molecule has 0 amide bonds. The van der Waals surface area contributed by atoms with Crippen LogP contribution in [0, 0.1) is 0 Å². The van der Waals surface area contributed by atoms with Crippen molar-refractivity contribution >= 4 is 221 Å². The van der Waals surface area contributed by atoms with Gasteiger partial charge >= 0.3 is 221 Å². The van der Waals surface area contributed by atoms with Gasteiger partial charge in [-0.15, -0.1) is 0 Å². The Hall–Kier alpha value is 1.94. The summed E-state index contributed by atoms with van der Waals surface area (Å²) in [6.45, 7) is 0. The first-order valence-corrected chi connectivity index (χ1v) is 15.6. The molecule has 24 nitrogen and oxygen atoms in total. The maximum atomic E-state index is 8.74. The topological polar surface area (TPSA) is 460 Å². The summed E-state index contributed by atoms with van der Waals surface area (Å²) < 4.78 is 69.9. The molecule has 0 heterocycles. The summed E-state index contributed by atoms with van der Waals surface area (Å²) in [7, 11) is -25.0. The van der Waals surface area contributed by atoms with Crippen molar-refractivity contribution in [2.45, 2.75) is 0 Å². The van der Waals surface area contributed by atoms with Crippen molar-refractivity contribution in [1.29, 1.82) is 0 Å². The van der Waals surface area contributed by atoms with Crippen LogP contribution in [0.25, 0.3) is 0 Å². The van der Waals surface area contributed by atoms with Crippen molar-refractivity contribution < 1.29 is 112 Å². The summed E-state index contributed by atoms with van der Waals surface area (Å²) in [5.41, 5.74) is 0. The van der Waals surface area contributed by atoms with Crippen LogP contribution in [0.3, 0.4) is 0 Å². The van der Waals surface area contributed by atoms with Gasteiger partial charge in [-0.25, -0.2) is 0 Å². The quantitative estimate of drug-likeness (QED) is 0.102. The fourth-order valence-electron chi connectivity index (χ4n) is 0. The van der Waals surface area contributed by atoms with E-state index in [9.17, 15) is 0 Å². The molecule has 0 aliphatic carbocycles. The Morgan fingerprint density at radius 2 is 0.189 bits per heavy atom. The molecule has 0 bridgehead atoms. The predicted molar refractivity (Wildman–Crippen MR) is 123 cm³/mol. The van der Waals surface area contributed by atoms with E-state index in [4.69, 9.17) is 112 Å². The molecule has 37 heavy (non-hydrogen) atoms. The van der Waals surface area contributed by atoms with Crippen LogP contribution in [0.5, 0.6) is 0 Å². The second kappa shape index (κ2) is 76.9. The third kappa shape index (κ3) is 13100. The van der Waals surface area contributed by atoms with Crippen LogP contribution in [0.4, 0.5) is 0 Å². The van der Waals surface area contributed by atoms with Crippen molar-refractivity contribution in [3.63, 3.8) is 0 Å². The van der Waals surface area contributed by atoms with E-state index in [0.717, 1.165) is 0 Å². The molecule has 202 valence electrons. The molecule has 0 saturated heterocycles. The number of rotatable bonds is 0. The summed E-state index contributed by atoms with van der Waals surface area (Å²) in [6, 6.07) is 0. The molecule has 0 aromatic heterocycles. The van der Waals surface area contributed by atoms with Gasteiger partial charge in [0.25, 0.3) is 0 Å². The summed E-state index contributed by atoms with van der Waals surface area (Å²) in [5, 5.41) is 0. The van der Waals surface area contributed by atoms with Crippen LogP contribution in [0.15, 0.2) is 0 Å². The molecular formula is H21Na5O24Si8. The summed E-state index contributed by atoms with van der Waals surface area (Å²) in [4.78, 5) is 115. The zero-order valence-electron chi connectivity index (χ0n) is 14.4. The van der Waals surface area contributed by atoms with Crippen LogP contribution in [-0.4, -0.2) is 298 Å². The van der Waals surface area contributed by atoms with Crippen LogP contribution >= 0.6 is 0 Å². The van der Waals surface area contributed by atoms with E-state index in [2.05, 4.69) is 0 Å². The van der Waals surface area contributed by atoms with Crippen molar-refractivity contribution in [2.24, 2.45) is 0 Å². The molecule has 0 aromatic carbocycles. The van der Waals surface area contributed by atoms with Gasteiger partial charge in [0.05, 0.1) is 0 Å². The molecule has 0 radical (unpaired) electrons. The maximum absolute atomic E-state index is 8.74. The average Bonchev–Trinajstić information content (AvgIpc) is 2.30. The van der Waals surface area contributed by atoms with Gasteiger partial charge in [-0.3, -0.25) is 35.7 Å². The molecule has 37 heteroatoms. The Morgan fingerprint density at radius 3 is 0.189 bits per heavy atom. The van der Waals surface area contributed by atoms with E-state index in [1.165, 1.54) is 0 Å². The molecular weight excluding hydrogens is 724 g/mol. The standard InChI is InChI=1S/5Na.8H2O3Si.5H/c;;;;;8*1-4(2)3;;;;;/h;;;;;8*1-2H;;;;;. The van der Waals surface area contributed by atoms with E-state index < -0.39 is 73.4 Å². The van der Waals surface area contributed by atoms with Gasteiger partial charge in [-0.1, -0.05) is 0 Å². The first kappa shape index (κ1) is 83.3. The monoisotopic (exact) mass is 744 g/mol. The fourth-order valence-corrected chi connectivity index (χ4v) is 0. The minimum absolute atomic E-state index is 0. The summed E-state index contributed by atoms with van der Waals surface area (Å²) >= 11 is 0. The Labute approximate surface area is 328 Å². The Morgan fingerprint density at radius 1 is 0.189 bits per heavy atom. The van der Waals surface area contributed by atoms with Crippen LogP contribution < -0.4 is 0 Å². The Bertz CT molecular complexity index is 375. The van der Waals surface area contributed by atoms with Gasteiger partial charge in [-0.05, 0) is 0 Å². The molecule has 0 fully saturated rings. The van der Waals surface area contributed by atoms with Crippen LogP contribution in [0.1, 0.15) is 0 Å². The van der Waals surface area contributed by atoms with Crippen molar-refractivity contribution in [3.8, 4) is 0 Å². The van der Waals surface area contributed by atoms with E-state index in [1.54, 1.807) is 0 Å². The van der Waals surface area contributed by atoms with E-state index >= 15 is 0 Å². The number of hydrogen-bond donors (Lipinski definition) is 16. The van der Waals surface area contributed by atoms with Crippen molar-refractivity contribution in [1.82, 2.24) is 0 Å². The fraction of sp³-hybridized carbons (Fsp3) is 0. The van der Waals surface area contributed by atoms with Gasteiger partial charge < -0.3 is 76.7 Å². The van der Waals surface area contributed by atoms with Gasteiger partial charge in [0.2, 0.25) is 0 Å². The van der Waals surface area contributed by atoms with Gasteiger partial charge in [0.15, 0.2) is 0 Å². The molecule has 0 unspecified atom stereocenters. The second-order valence-corrected chi connectivity index (χ2v) is 6.78. The van der Waals surface area contributed by atoms with E-state index in [1.807, 2.05) is 0 Å². The third-order valence-electron chi connectivity index (χ3n) is 0. The Balaban J connectivity index is -0.0000000159. The normalized spacial score (nSPS) is 5.19. The zero-order valence-corrected chi connectivity index (χ0v) is 22.4. The molecule has 0 aliphatic heterocycles. The molecule has 0 spiro atoms. The van der Waals surface area contributed by atoms with Crippen LogP contribution in [-0.2, 0) is 35.7 Å². The van der Waals surface area contributed by atoms with Gasteiger partial charge in [0, 0.05) is 0 Å².